The number of phenolic OH excluding ortho intramolecular Hbond substituents is 1. The largest absolute Gasteiger partial charge is 0.508 e. The second-order valence-electron chi connectivity index (χ2n) is 7.96. The molecule has 3 aliphatic carbocycles. The Kier molecular flexibility index (Phi) is 3.35. The number of hydrogen-bond acceptors (Lipinski definition) is 3. The molecule has 0 radical (unpaired) electrons. The van der Waals surface area contributed by atoms with Gasteiger partial charge < -0.3 is 10.2 Å². The topological polar surface area (TPSA) is 40.5 Å². The third kappa shape index (κ3) is 2.05. The van der Waals surface area contributed by atoms with Crippen molar-refractivity contribution in [2.75, 3.05) is 0 Å². The van der Waals surface area contributed by atoms with Crippen LogP contribution in [0.3, 0.4) is 0 Å². The van der Waals surface area contributed by atoms with E-state index in [0.717, 1.165) is 19.3 Å². The lowest BCUT2D eigenvalue weighted by atomic mass is 9.53. The van der Waals surface area contributed by atoms with Crippen LogP contribution in [-0.4, -0.2) is 21.7 Å². The predicted octanol–water partition coefficient (Wildman–Crippen LogP) is 3.84. The van der Waals surface area contributed by atoms with Crippen LogP contribution in [0.15, 0.2) is 18.2 Å². The number of fused-ring (bicyclic) bond motifs is 5. The molecule has 4 rings (SSSR count). The van der Waals surface area contributed by atoms with Gasteiger partial charge in [-0.05, 0) is 89.8 Å². The van der Waals surface area contributed by atoms with Crippen molar-refractivity contribution in [1.82, 2.24) is 0 Å². The number of rotatable bonds is 1. The van der Waals surface area contributed by atoms with Gasteiger partial charge in [-0.2, -0.15) is 0 Å². The van der Waals surface area contributed by atoms with Crippen LogP contribution < -0.4 is 0 Å². The molecule has 0 saturated heterocycles. The minimum Gasteiger partial charge on any atom is -0.508 e. The van der Waals surface area contributed by atoms with Crippen LogP contribution in [0.1, 0.15) is 49.7 Å². The van der Waals surface area contributed by atoms with Gasteiger partial charge in [-0.25, -0.2) is 0 Å². The second kappa shape index (κ2) is 5.04. The van der Waals surface area contributed by atoms with Gasteiger partial charge in [0.05, 0.1) is 6.10 Å². The van der Waals surface area contributed by atoms with Gasteiger partial charge >= 0.3 is 0 Å². The molecule has 2 N–H and O–H groups in total. The first kappa shape index (κ1) is 14.6. The zero-order chi connectivity index (χ0) is 15.5. The van der Waals surface area contributed by atoms with Crippen molar-refractivity contribution in [2.45, 2.75) is 51.0 Å². The lowest BCUT2D eigenvalue weighted by Gasteiger charge is -2.51. The van der Waals surface area contributed by atoms with Gasteiger partial charge in [0.1, 0.15) is 5.75 Å². The summed E-state index contributed by atoms with van der Waals surface area (Å²) in [5.74, 6) is 2.43. The standard InChI is InChI=1S/C19H24O2S/c1-19-5-4-16-15-3-2-13(20)7-11(15)6-12(10-22)18(16)17(19)8-14(21)9-19/h2-3,7,10,12,14,16-18,20-21H,4-6,8-9H2,1H3/t12-,14-,16-,17+,18-,19-/m1/s1. The summed E-state index contributed by atoms with van der Waals surface area (Å²) < 4.78 is 0. The van der Waals surface area contributed by atoms with Gasteiger partial charge in [0.25, 0.3) is 0 Å². The monoisotopic (exact) mass is 316 g/mol. The van der Waals surface area contributed by atoms with E-state index in [2.05, 4.69) is 13.0 Å². The minimum absolute atomic E-state index is 0.138. The predicted molar refractivity (Wildman–Crippen MR) is 91.3 cm³/mol. The third-order valence-corrected chi connectivity index (χ3v) is 7.08. The molecular weight excluding hydrogens is 292 g/mol. The van der Waals surface area contributed by atoms with Crippen LogP contribution in [0.4, 0.5) is 0 Å². The molecule has 2 fully saturated rings. The summed E-state index contributed by atoms with van der Waals surface area (Å²) in [6.07, 6.45) is 5.07. The molecule has 0 spiro atoms. The minimum atomic E-state index is -0.138. The van der Waals surface area contributed by atoms with Gasteiger partial charge in [0.15, 0.2) is 0 Å². The summed E-state index contributed by atoms with van der Waals surface area (Å²) in [6, 6.07) is 5.87. The van der Waals surface area contributed by atoms with Crippen molar-refractivity contribution < 1.29 is 10.2 Å². The average molecular weight is 316 g/mol. The Bertz CT molecular complexity index is 613. The number of thiocarbonyl (C=S) groups is 1. The van der Waals surface area contributed by atoms with Crippen LogP contribution in [-0.2, 0) is 6.42 Å². The summed E-state index contributed by atoms with van der Waals surface area (Å²) in [6.45, 7) is 2.37. The van der Waals surface area contributed by atoms with Gasteiger partial charge in [-0.15, -0.1) is 0 Å². The molecule has 6 atom stereocenters. The van der Waals surface area contributed by atoms with Crippen LogP contribution in [0.5, 0.6) is 5.75 Å². The molecule has 0 heterocycles. The number of aromatic hydroxyl groups is 1. The number of aliphatic hydroxyl groups is 1. The van der Waals surface area contributed by atoms with E-state index in [1.54, 1.807) is 0 Å². The fourth-order valence-corrected chi connectivity index (χ4v) is 6.11. The van der Waals surface area contributed by atoms with Gasteiger partial charge in [0.2, 0.25) is 0 Å². The number of benzene rings is 1. The van der Waals surface area contributed by atoms with Crippen LogP contribution >= 0.6 is 12.2 Å². The second-order valence-corrected chi connectivity index (χ2v) is 8.24. The molecule has 0 aromatic heterocycles. The van der Waals surface area contributed by atoms with E-state index < -0.39 is 0 Å². The molecule has 2 saturated carbocycles. The fourth-order valence-electron chi connectivity index (χ4n) is 5.84. The van der Waals surface area contributed by atoms with E-state index in [9.17, 15) is 10.2 Å². The summed E-state index contributed by atoms with van der Waals surface area (Å²) >= 11 is 5.38. The molecule has 0 bridgehead atoms. The van der Waals surface area contributed by atoms with Crippen LogP contribution in [0.2, 0.25) is 0 Å². The maximum atomic E-state index is 10.2. The first-order chi connectivity index (χ1) is 10.5. The Morgan fingerprint density at radius 2 is 2.18 bits per heavy atom. The molecule has 1 aromatic rings. The SMILES string of the molecule is C[C@]12CC[C@@H]3c4ccc(O)cc4C[C@H](C=S)[C@H]3[C@@H]1C[C@@H](O)C2. The fraction of sp³-hybridized carbons (Fsp3) is 0.632. The molecule has 2 nitrogen and oxygen atoms in total. The molecule has 0 unspecified atom stereocenters. The molecular formula is C19H24O2S. The quantitative estimate of drug-likeness (QED) is 0.774. The van der Waals surface area contributed by atoms with E-state index in [-0.39, 0.29) is 11.5 Å². The Morgan fingerprint density at radius 3 is 2.95 bits per heavy atom. The van der Waals surface area contributed by atoms with Crippen LogP contribution in [0.25, 0.3) is 0 Å². The lowest BCUT2D eigenvalue weighted by Crippen LogP contribution is -2.44. The number of hydrogen-bond donors (Lipinski definition) is 2. The number of aliphatic hydroxyl groups excluding tert-OH is 1. The van der Waals surface area contributed by atoms with Gasteiger partial charge in [0, 0.05) is 0 Å². The third-order valence-electron chi connectivity index (χ3n) is 6.73. The van der Waals surface area contributed by atoms with E-state index >= 15 is 0 Å². The molecule has 1 aromatic carbocycles. The first-order valence-electron chi connectivity index (χ1n) is 8.47. The zero-order valence-electron chi connectivity index (χ0n) is 13.0. The van der Waals surface area contributed by atoms with E-state index in [1.807, 2.05) is 17.5 Å². The maximum absolute atomic E-state index is 10.2. The maximum Gasteiger partial charge on any atom is 0.115 e. The van der Waals surface area contributed by atoms with Crippen molar-refractivity contribution in [2.24, 2.45) is 23.2 Å². The molecule has 3 aliphatic rings. The summed E-state index contributed by atoms with van der Waals surface area (Å²) in [7, 11) is 0. The van der Waals surface area contributed by atoms with Crippen LogP contribution in [0, 0.1) is 23.2 Å². The first-order valence-corrected chi connectivity index (χ1v) is 8.94. The smallest absolute Gasteiger partial charge is 0.115 e. The molecule has 0 amide bonds. The van der Waals surface area contributed by atoms with Crippen molar-refractivity contribution in [3.8, 4) is 5.75 Å². The zero-order valence-corrected chi connectivity index (χ0v) is 13.9. The Hall–Kier alpha value is -0.930. The molecule has 118 valence electrons. The van der Waals surface area contributed by atoms with E-state index in [0.29, 0.717) is 29.4 Å². The van der Waals surface area contributed by atoms with E-state index in [1.165, 1.54) is 24.0 Å². The van der Waals surface area contributed by atoms with E-state index in [4.69, 9.17) is 12.2 Å². The average Bonchev–Trinajstić information content (AvgIpc) is 2.79. The lowest BCUT2D eigenvalue weighted by molar-refractivity contribution is 0.0454. The highest BCUT2D eigenvalue weighted by Crippen LogP contribution is 2.61. The molecule has 3 heteroatoms. The van der Waals surface area contributed by atoms with Crippen molar-refractivity contribution in [1.29, 1.82) is 0 Å². The Balaban J connectivity index is 1.78. The van der Waals surface area contributed by atoms with Crippen molar-refractivity contribution in [3.63, 3.8) is 0 Å². The van der Waals surface area contributed by atoms with Gasteiger partial charge in [-0.3, -0.25) is 0 Å². The highest BCUT2D eigenvalue weighted by molar-refractivity contribution is 7.79. The van der Waals surface area contributed by atoms with Gasteiger partial charge in [-0.1, -0.05) is 25.2 Å². The highest BCUT2D eigenvalue weighted by atomic mass is 32.1. The Morgan fingerprint density at radius 1 is 1.36 bits per heavy atom. The van der Waals surface area contributed by atoms with Crippen molar-refractivity contribution in [3.05, 3.63) is 29.3 Å². The summed E-state index contributed by atoms with van der Waals surface area (Å²) in [5, 5.41) is 22.0. The Labute approximate surface area is 137 Å². The molecule has 22 heavy (non-hydrogen) atoms. The molecule has 0 aliphatic heterocycles. The highest BCUT2D eigenvalue weighted by Gasteiger charge is 2.54. The summed E-state index contributed by atoms with van der Waals surface area (Å²) in [4.78, 5) is 0. The normalized spacial score (nSPS) is 43.1. The number of phenols is 1. The van der Waals surface area contributed by atoms with Crippen molar-refractivity contribution >= 4 is 17.6 Å². The summed E-state index contributed by atoms with van der Waals surface area (Å²) in [5.41, 5.74) is 2.97.